The van der Waals surface area contributed by atoms with Crippen LogP contribution in [0.1, 0.15) is 45.7 Å². The van der Waals surface area contributed by atoms with Crippen LogP contribution in [-0.2, 0) is 22.4 Å². The summed E-state index contributed by atoms with van der Waals surface area (Å²) in [5.41, 5.74) is 3.04. The standard InChI is InChI=1S/C18H18O3.C7H7NO2/c1-3-13-11-8-12-16(15(13)4-2)18(20)21-17(19)14-9-6-5-7-10-14;8-6-4-2-1-3-5(6)7(9)10/h5-12H,3-4H2,1-2H3;1-5,8H,(H,9,10). The van der Waals surface area contributed by atoms with E-state index in [2.05, 4.69) is 0 Å². The lowest BCUT2D eigenvalue weighted by Crippen LogP contribution is -2.20. The summed E-state index contributed by atoms with van der Waals surface area (Å²) in [6, 6.07) is 14.0. The highest BCUT2D eigenvalue weighted by atomic mass is 16.6. The largest absolute Gasteiger partial charge is 0.481 e. The van der Waals surface area contributed by atoms with Crippen molar-refractivity contribution in [2.24, 2.45) is 5.92 Å². The average molecular weight is 419 g/mol. The van der Waals surface area contributed by atoms with E-state index in [0.29, 0.717) is 11.1 Å². The number of aryl methyl sites for hydroxylation is 1. The molecule has 6 nitrogen and oxygen atoms in total. The van der Waals surface area contributed by atoms with Gasteiger partial charge in [0.05, 0.1) is 11.1 Å². The van der Waals surface area contributed by atoms with Gasteiger partial charge in [-0.15, -0.1) is 0 Å². The summed E-state index contributed by atoms with van der Waals surface area (Å²) in [4.78, 5) is 34.5. The molecule has 0 aromatic heterocycles. The lowest BCUT2D eigenvalue weighted by atomic mass is 9.97. The van der Waals surface area contributed by atoms with Crippen LogP contribution in [0.25, 0.3) is 0 Å². The van der Waals surface area contributed by atoms with Crippen LogP contribution >= 0.6 is 0 Å². The molecule has 1 aliphatic carbocycles. The molecule has 1 aliphatic rings. The molecular weight excluding hydrogens is 394 g/mol. The van der Waals surface area contributed by atoms with Crippen molar-refractivity contribution < 1.29 is 24.2 Å². The highest BCUT2D eigenvalue weighted by Crippen LogP contribution is 2.18. The van der Waals surface area contributed by atoms with Gasteiger partial charge >= 0.3 is 17.9 Å². The molecule has 0 saturated heterocycles. The maximum atomic E-state index is 12.2. The molecule has 6 heteroatoms. The number of benzene rings is 2. The van der Waals surface area contributed by atoms with Gasteiger partial charge in [0, 0.05) is 5.71 Å². The quantitative estimate of drug-likeness (QED) is 0.543. The third-order valence-electron chi connectivity index (χ3n) is 4.71. The number of hydrogen-bond donors (Lipinski definition) is 2. The molecular formula is C25H25NO5. The van der Waals surface area contributed by atoms with Gasteiger partial charge < -0.3 is 15.3 Å². The summed E-state index contributed by atoms with van der Waals surface area (Å²) >= 11 is 0. The molecule has 0 heterocycles. The maximum absolute atomic E-state index is 12.2. The Balaban J connectivity index is 0.000000285. The van der Waals surface area contributed by atoms with E-state index < -0.39 is 23.8 Å². The first kappa shape index (κ1) is 23.5. The number of hydrogen-bond acceptors (Lipinski definition) is 5. The van der Waals surface area contributed by atoms with Crippen LogP contribution in [0.4, 0.5) is 0 Å². The van der Waals surface area contributed by atoms with Crippen molar-refractivity contribution in [2.75, 3.05) is 0 Å². The maximum Gasteiger partial charge on any atom is 0.346 e. The third-order valence-corrected chi connectivity index (χ3v) is 4.71. The van der Waals surface area contributed by atoms with Crippen LogP contribution in [0.3, 0.4) is 0 Å². The van der Waals surface area contributed by atoms with E-state index in [1.54, 1.807) is 48.6 Å². The van der Waals surface area contributed by atoms with Gasteiger partial charge in [0.1, 0.15) is 5.92 Å². The van der Waals surface area contributed by atoms with Gasteiger partial charge in [-0.1, -0.05) is 62.4 Å². The summed E-state index contributed by atoms with van der Waals surface area (Å²) in [7, 11) is 0. The van der Waals surface area contributed by atoms with Crippen molar-refractivity contribution in [1.29, 1.82) is 5.41 Å². The molecule has 0 saturated carbocycles. The Hall–Kier alpha value is -3.80. The minimum absolute atomic E-state index is 0.134. The molecule has 3 rings (SSSR count). The summed E-state index contributed by atoms with van der Waals surface area (Å²) in [6.45, 7) is 4.03. The molecule has 0 aliphatic heterocycles. The summed E-state index contributed by atoms with van der Waals surface area (Å²) in [6.07, 6.45) is 7.84. The van der Waals surface area contributed by atoms with E-state index in [1.807, 2.05) is 26.0 Å². The predicted molar refractivity (Wildman–Crippen MR) is 119 cm³/mol. The second-order valence-corrected chi connectivity index (χ2v) is 6.71. The Kier molecular flexibility index (Phi) is 8.64. The second kappa shape index (κ2) is 11.4. The van der Waals surface area contributed by atoms with Gasteiger partial charge in [-0.25, -0.2) is 9.59 Å². The SMILES string of the molecule is CCc1cccc(C(=O)OC(=O)c2ccccc2)c1CC.N=C1C=CC=CC1C(=O)O. The summed E-state index contributed by atoms with van der Waals surface area (Å²) < 4.78 is 4.99. The van der Waals surface area contributed by atoms with Crippen molar-refractivity contribution in [3.63, 3.8) is 0 Å². The second-order valence-electron chi connectivity index (χ2n) is 6.71. The zero-order valence-electron chi connectivity index (χ0n) is 17.5. The molecule has 160 valence electrons. The molecule has 0 spiro atoms. The number of carbonyl (C=O) groups excluding carboxylic acids is 2. The lowest BCUT2D eigenvalue weighted by Gasteiger charge is -2.11. The fourth-order valence-electron chi connectivity index (χ4n) is 3.10. The number of esters is 2. The Morgan fingerprint density at radius 1 is 0.935 bits per heavy atom. The number of carboxylic acid groups (broad SMARTS) is 1. The first-order valence-electron chi connectivity index (χ1n) is 9.97. The Labute approximate surface area is 181 Å². The van der Waals surface area contributed by atoms with E-state index in [0.717, 1.165) is 24.0 Å². The van der Waals surface area contributed by atoms with Gasteiger partial charge in [-0.05, 0) is 48.2 Å². The zero-order valence-corrected chi connectivity index (χ0v) is 17.5. The van der Waals surface area contributed by atoms with Gasteiger partial charge in [0.15, 0.2) is 0 Å². The number of rotatable bonds is 5. The lowest BCUT2D eigenvalue weighted by molar-refractivity contribution is -0.138. The normalized spacial score (nSPS) is 14.4. The van der Waals surface area contributed by atoms with E-state index in [-0.39, 0.29) is 5.71 Å². The van der Waals surface area contributed by atoms with Gasteiger partial charge in [0.25, 0.3) is 0 Å². The minimum Gasteiger partial charge on any atom is -0.481 e. The van der Waals surface area contributed by atoms with Crippen LogP contribution in [0.5, 0.6) is 0 Å². The fraction of sp³-hybridized carbons (Fsp3) is 0.200. The van der Waals surface area contributed by atoms with Crippen LogP contribution < -0.4 is 0 Å². The van der Waals surface area contributed by atoms with Crippen LogP contribution in [0.2, 0.25) is 0 Å². The molecule has 2 aromatic carbocycles. The van der Waals surface area contributed by atoms with E-state index in [4.69, 9.17) is 15.3 Å². The number of aliphatic carboxylic acids is 1. The van der Waals surface area contributed by atoms with Crippen LogP contribution in [-0.4, -0.2) is 28.7 Å². The average Bonchev–Trinajstić information content (AvgIpc) is 2.79. The minimum atomic E-state index is -0.967. The van der Waals surface area contributed by atoms with Crippen molar-refractivity contribution >= 4 is 23.6 Å². The molecule has 1 atom stereocenters. The smallest absolute Gasteiger partial charge is 0.346 e. The van der Waals surface area contributed by atoms with Gasteiger partial charge in [0.2, 0.25) is 0 Å². The number of carbonyl (C=O) groups is 3. The topological polar surface area (TPSA) is 105 Å². The van der Waals surface area contributed by atoms with Gasteiger partial charge in [-0.3, -0.25) is 4.79 Å². The van der Waals surface area contributed by atoms with E-state index in [9.17, 15) is 14.4 Å². The molecule has 0 fully saturated rings. The number of carboxylic acids is 1. The third kappa shape index (κ3) is 6.34. The van der Waals surface area contributed by atoms with Gasteiger partial charge in [-0.2, -0.15) is 0 Å². The molecule has 0 bridgehead atoms. The van der Waals surface area contributed by atoms with E-state index >= 15 is 0 Å². The predicted octanol–water partition coefficient (Wildman–Crippen LogP) is 4.64. The molecule has 0 amide bonds. The zero-order chi connectivity index (χ0) is 22.8. The molecule has 2 N–H and O–H groups in total. The summed E-state index contributed by atoms with van der Waals surface area (Å²) in [5.74, 6) is -2.92. The van der Waals surface area contributed by atoms with E-state index in [1.165, 1.54) is 12.2 Å². The van der Waals surface area contributed by atoms with Crippen molar-refractivity contribution in [3.8, 4) is 0 Å². The number of ether oxygens (including phenoxy) is 1. The molecule has 0 radical (unpaired) electrons. The first-order valence-corrected chi connectivity index (χ1v) is 9.97. The molecule has 31 heavy (non-hydrogen) atoms. The highest BCUT2D eigenvalue weighted by molar-refractivity contribution is 6.08. The summed E-state index contributed by atoms with van der Waals surface area (Å²) in [5, 5.41) is 15.6. The Morgan fingerprint density at radius 3 is 2.19 bits per heavy atom. The molecule has 2 aromatic rings. The van der Waals surface area contributed by atoms with Crippen molar-refractivity contribution in [2.45, 2.75) is 26.7 Å². The monoisotopic (exact) mass is 419 g/mol. The number of allylic oxidation sites excluding steroid dienone is 3. The fourth-order valence-corrected chi connectivity index (χ4v) is 3.10. The molecule has 1 unspecified atom stereocenters. The Bertz CT molecular complexity index is 1020. The highest BCUT2D eigenvalue weighted by Gasteiger charge is 2.19. The van der Waals surface area contributed by atoms with Crippen LogP contribution in [0.15, 0.2) is 72.8 Å². The van der Waals surface area contributed by atoms with Crippen molar-refractivity contribution in [1.82, 2.24) is 0 Å². The van der Waals surface area contributed by atoms with Crippen molar-refractivity contribution in [3.05, 3.63) is 95.1 Å². The van der Waals surface area contributed by atoms with Crippen LogP contribution in [0, 0.1) is 11.3 Å². The first-order chi connectivity index (χ1) is 14.9. The Morgan fingerprint density at radius 2 is 1.65 bits per heavy atom. The number of nitrogens with one attached hydrogen (secondary N) is 1.